The number of phenols is 1. The molecular weight excluding hydrogens is 246 g/mol. The number of hydrogen-bond acceptors (Lipinski definition) is 4. The van der Waals surface area contributed by atoms with Gasteiger partial charge in [-0.3, -0.25) is 4.79 Å². The van der Waals surface area contributed by atoms with Gasteiger partial charge < -0.3 is 10.4 Å². The molecule has 0 bridgehead atoms. The van der Waals surface area contributed by atoms with Gasteiger partial charge in [0.2, 0.25) is 0 Å². The van der Waals surface area contributed by atoms with E-state index in [9.17, 15) is 14.7 Å². The van der Waals surface area contributed by atoms with Gasteiger partial charge in [0.05, 0.1) is 6.21 Å². The lowest BCUT2D eigenvalue weighted by atomic mass is 10.00. The molecule has 2 N–H and O–H groups in total. The van der Waals surface area contributed by atoms with Crippen molar-refractivity contribution in [1.82, 2.24) is 10.3 Å². The van der Waals surface area contributed by atoms with Gasteiger partial charge in [0.1, 0.15) is 11.3 Å². The molecule has 0 aromatic heterocycles. The number of rotatable bonds is 3. The van der Waals surface area contributed by atoms with Crippen molar-refractivity contribution >= 4 is 18.2 Å². The zero-order valence-electron chi connectivity index (χ0n) is 10.8. The highest BCUT2D eigenvalue weighted by molar-refractivity contribution is 6.07. The van der Waals surface area contributed by atoms with E-state index >= 15 is 0 Å². The van der Waals surface area contributed by atoms with Crippen molar-refractivity contribution in [2.24, 2.45) is 5.10 Å². The molecule has 6 heteroatoms. The molecule has 3 amide bonds. The quantitative estimate of drug-likeness (QED) is 0.638. The summed E-state index contributed by atoms with van der Waals surface area (Å²) in [5.74, 6) is -0.358. The van der Waals surface area contributed by atoms with Gasteiger partial charge >= 0.3 is 6.03 Å². The molecule has 1 fully saturated rings. The Labute approximate surface area is 110 Å². The Morgan fingerprint density at radius 2 is 2.11 bits per heavy atom. The standard InChI is InChI=1S/C13H15N3O3/c1-3-13(2)11(18)16(12(19)15-13)14-8-9-6-4-5-7-10(9)17/h4-8,17H,3H2,1-2H3,(H,15,19)/b14-8+. The number of imide groups is 1. The number of hydrazone groups is 1. The highest BCUT2D eigenvalue weighted by Gasteiger charge is 2.46. The largest absolute Gasteiger partial charge is 0.507 e. The summed E-state index contributed by atoms with van der Waals surface area (Å²) in [6.07, 6.45) is 1.77. The van der Waals surface area contributed by atoms with Gasteiger partial charge in [-0.1, -0.05) is 19.1 Å². The first-order chi connectivity index (χ1) is 8.98. The summed E-state index contributed by atoms with van der Waals surface area (Å²) in [6, 6.07) is 5.98. The summed E-state index contributed by atoms with van der Waals surface area (Å²) in [5.41, 5.74) is -0.471. The van der Waals surface area contributed by atoms with Gasteiger partial charge in [0.15, 0.2) is 0 Å². The number of phenolic OH excluding ortho intramolecular Hbond substituents is 1. The third-order valence-corrected chi connectivity index (χ3v) is 3.20. The molecule has 1 atom stereocenters. The zero-order valence-corrected chi connectivity index (χ0v) is 10.8. The van der Waals surface area contributed by atoms with Crippen LogP contribution in [0.1, 0.15) is 25.8 Å². The molecule has 19 heavy (non-hydrogen) atoms. The number of urea groups is 1. The average Bonchev–Trinajstić information content (AvgIpc) is 2.61. The van der Waals surface area contributed by atoms with Crippen molar-refractivity contribution in [3.8, 4) is 5.75 Å². The second kappa shape index (κ2) is 4.72. The number of hydrogen-bond donors (Lipinski definition) is 2. The van der Waals surface area contributed by atoms with E-state index in [1.807, 2.05) is 6.92 Å². The molecule has 1 saturated heterocycles. The van der Waals surface area contributed by atoms with Crippen LogP contribution in [0.25, 0.3) is 0 Å². The van der Waals surface area contributed by atoms with Crippen molar-refractivity contribution in [2.75, 3.05) is 0 Å². The lowest BCUT2D eigenvalue weighted by Crippen LogP contribution is -2.42. The number of carbonyl (C=O) groups excluding carboxylic acids is 2. The van der Waals surface area contributed by atoms with E-state index in [1.54, 1.807) is 25.1 Å². The fourth-order valence-electron chi connectivity index (χ4n) is 1.73. The van der Waals surface area contributed by atoms with Crippen molar-refractivity contribution < 1.29 is 14.7 Å². The van der Waals surface area contributed by atoms with Crippen molar-refractivity contribution in [3.63, 3.8) is 0 Å². The Morgan fingerprint density at radius 1 is 1.42 bits per heavy atom. The zero-order chi connectivity index (χ0) is 14.0. The predicted octanol–water partition coefficient (Wildman–Crippen LogP) is 1.45. The van der Waals surface area contributed by atoms with Gasteiger partial charge in [-0.2, -0.15) is 5.10 Å². The fraction of sp³-hybridized carbons (Fsp3) is 0.308. The van der Waals surface area contributed by atoms with E-state index in [2.05, 4.69) is 10.4 Å². The molecular formula is C13H15N3O3. The summed E-state index contributed by atoms with van der Waals surface area (Å²) >= 11 is 0. The molecule has 0 spiro atoms. The van der Waals surface area contributed by atoms with E-state index in [0.29, 0.717) is 12.0 Å². The van der Waals surface area contributed by atoms with Crippen LogP contribution < -0.4 is 5.32 Å². The molecule has 0 saturated carbocycles. The Morgan fingerprint density at radius 3 is 2.68 bits per heavy atom. The summed E-state index contributed by atoms with van der Waals surface area (Å²) in [4.78, 5) is 23.7. The third-order valence-electron chi connectivity index (χ3n) is 3.20. The molecule has 0 radical (unpaired) electrons. The predicted molar refractivity (Wildman–Crippen MR) is 69.8 cm³/mol. The minimum atomic E-state index is -0.910. The van der Waals surface area contributed by atoms with Gasteiger partial charge in [-0.25, -0.2) is 4.79 Å². The third kappa shape index (κ3) is 2.29. The van der Waals surface area contributed by atoms with Crippen LogP contribution >= 0.6 is 0 Å². The Balaban J connectivity index is 2.23. The van der Waals surface area contributed by atoms with Crippen LogP contribution in [0.15, 0.2) is 29.4 Å². The number of carbonyl (C=O) groups is 2. The summed E-state index contributed by atoms with van der Waals surface area (Å²) in [7, 11) is 0. The number of nitrogens with zero attached hydrogens (tertiary/aromatic N) is 2. The Bertz CT molecular complexity index is 556. The number of benzene rings is 1. The normalized spacial score (nSPS) is 23.2. The summed E-state index contributed by atoms with van der Waals surface area (Å²) < 4.78 is 0. The molecule has 1 aliphatic heterocycles. The van der Waals surface area contributed by atoms with Crippen LogP contribution in [0.4, 0.5) is 4.79 Å². The lowest BCUT2D eigenvalue weighted by Gasteiger charge is -2.17. The van der Waals surface area contributed by atoms with E-state index in [1.165, 1.54) is 12.3 Å². The second-order valence-corrected chi connectivity index (χ2v) is 4.54. The topological polar surface area (TPSA) is 82.0 Å². The van der Waals surface area contributed by atoms with E-state index in [-0.39, 0.29) is 5.75 Å². The molecule has 6 nitrogen and oxygen atoms in total. The highest BCUT2D eigenvalue weighted by atomic mass is 16.3. The van der Waals surface area contributed by atoms with Gasteiger partial charge in [0, 0.05) is 5.56 Å². The average molecular weight is 261 g/mol. The molecule has 1 aromatic carbocycles. The van der Waals surface area contributed by atoms with Crippen LogP contribution in [0.2, 0.25) is 0 Å². The van der Waals surface area contributed by atoms with Gasteiger partial charge in [-0.05, 0) is 25.5 Å². The number of para-hydroxylation sites is 1. The van der Waals surface area contributed by atoms with Gasteiger partial charge in [0.25, 0.3) is 5.91 Å². The number of aromatic hydroxyl groups is 1. The summed E-state index contributed by atoms with van der Waals surface area (Å²) in [5, 5.41) is 16.8. The minimum Gasteiger partial charge on any atom is -0.507 e. The van der Waals surface area contributed by atoms with E-state index in [0.717, 1.165) is 5.01 Å². The van der Waals surface area contributed by atoms with Crippen molar-refractivity contribution in [3.05, 3.63) is 29.8 Å². The monoisotopic (exact) mass is 261 g/mol. The molecule has 1 heterocycles. The first kappa shape index (κ1) is 13.1. The van der Waals surface area contributed by atoms with Crippen LogP contribution in [0, 0.1) is 0 Å². The molecule has 1 aliphatic rings. The molecule has 2 rings (SSSR count). The summed E-state index contributed by atoms with van der Waals surface area (Å²) in [6.45, 7) is 3.47. The second-order valence-electron chi connectivity index (χ2n) is 4.54. The Kier molecular flexibility index (Phi) is 3.25. The molecule has 0 aliphatic carbocycles. The maximum absolute atomic E-state index is 12.0. The Hall–Kier alpha value is -2.37. The van der Waals surface area contributed by atoms with Crippen LogP contribution in [0.3, 0.4) is 0 Å². The van der Waals surface area contributed by atoms with Gasteiger partial charge in [-0.15, -0.1) is 5.01 Å². The van der Waals surface area contributed by atoms with Crippen molar-refractivity contribution in [1.29, 1.82) is 0 Å². The first-order valence-corrected chi connectivity index (χ1v) is 5.96. The maximum Gasteiger partial charge on any atom is 0.346 e. The highest BCUT2D eigenvalue weighted by Crippen LogP contribution is 2.21. The number of amides is 3. The van der Waals surface area contributed by atoms with E-state index < -0.39 is 17.5 Å². The molecule has 100 valence electrons. The molecule has 1 aromatic rings. The fourth-order valence-corrected chi connectivity index (χ4v) is 1.73. The maximum atomic E-state index is 12.0. The number of nitrogens with one attached hydrogen (secondary N) is 1. The minimum absolute atomic E-state index is 0.0385. The van der Waals surface area contributed by atoms with Crippen LogP contribution in [-0.2, 0) is 4.79 Å². The lowest BCUT2D eigenvalue weighted by molar-refractivity contribution is -0.130. The SMILES string of the molecule is CCC1(C)NC(=O)N(/N=C/c2ccccc2O)C1=O. The van der Waals surface area contributed by atoms with Crippen LogP contribution in [0.5, 0.6) is 5.75 Å². The van der Waals surface area contributed by atoms with Crippen molar-refractivity contribution in [2.45, 2.75) is 25.8 Å². The molecule has 1 unspecified atom stereocenters. The smallest absolute Gasteiger partial charge is 0.346 e. The first-order valence-electron chi connectivity index (χ1n) is 5.96. The van der Waals surface area contributed by atoms with Crippen LogP contribution in [-0.4, -0.2) is 33.8 Å². The van der Waals surface area contributed by atoms with E-state index in [4.69, 9.17) is 0 Å².